The summed E-state index contributed by atoms with van der Waals surface area (Å²) in [5.74, 6) is 0.950. The van der Waals surface area contributed by atoms with Crippen LogP contribution in [-0.4, -0.2) is 16.0 Å². The Kier molecular flexibility index (Phi) is 5.52. The highest BCUT2D eigenvalue weighted by Gasteiger charge is 2.09. The van der Waals surface area contributed by atoms with Crippen LogP contribution in [0.5, 0.6) is 0 Å². The van der Waals surface area contributed by atoms with E-state index in [4.69, 9.17) is 4.52 Å². The van der Waals surface area contributed by atoms with Crippen LogP contribution in [0.4, 0.5) is 11.7 Å². The standard InChI is InChI=1S/C16H22N4O2/c1-4-6-14(21)18-13-8-5-7-12(9-13)10-17-16-19-15(11(2)3)20-22-16/h5,7-9,11H,4,6,10H2,1-3H3,(H,18,21)(H,17,19,20). The summed E-state index contributed by atoms with van der Waals surface area (Å²) in [5.41, 5.74) is 1.82. The van der Waals surface area contributed by atoms with E-state index in [0.29, 0.717) is 24.8 Å². The van der Waals surface area contributed by atoms with Gasteiger partial charge in [0.1, 0.15) is 0 Å². The molecule has 6 heteroatoms. The Balaban J connectivity index is 1.93. The first-order chi connectivity index (χ1) is 10.6. The van der Waals surface area contributed by atoms with Crippen molar-refractivity contribution in [3.63, 3.8) is 0 Å². The maximum Gasteiger partial charge on any atom is 0.321 e. The van der Waals surface area contributed by atoms with Crippen molar-refractivity contribution in [3.8, 4) is 0 Å². The van der Waals surface area contributed by atoms with Gasteiger partial charge in [-0.15, -0.1) is 0 Å². The summed E-state index contributed by atoms with van der Waals surface area (Å²) in [7, 11) is 0. The maximum absolute atomic E-state index is 11.6. The lowest BCUT2D eigenvalue weighted by Crippen LogP contribution is -2.11. The number of benzene rings is 1. The van der Waals surface area contributed by atoms with Crippen LogP contribution in [-0.2, 0) is 11.3 Å². The molecule has 0 saturated heterocycles. The van der Waals surface area contributed by atoms with Crippen LogP contribution in [0.1, 0.15) is 50.9 Å². The minimum Gasteiger partial charge on any atom is -0.334 e. The van der Waals surface area contributed by atoms with Crippen molar-refractivity contribution in [2.24, 2.45) is 0 Å². The predicted octanol–water partition coefficient (Wildman–Crippen LogP) is 3.54. The highest BCUT2D eigenvalue weighted by Crippen LogP contribution is 2.15. The minimum absolute atomic E-state index is 0.0334. The fourth-order valence-electron chi connectivity index (χ4n) is 1.93. The Morgan fingerprint density at radius 1 is 1.36 bits per heavy atom. The molecule has 0 radical (unpaired) electrons. The molecule has 0 aliphatic carbocycles. The van der Waals surface area contributed by atoms with Crippen LogP contribution in [0.25, 0.3) is 0 Å². The third-order valence-corrected chi connectivity index (χ3v) is 3.09. The highest BCUT2D eigenvalue weighted by atomic mass is 16.5. The second-order valence-electron chi connectivity index (χ2n) is 5.46. The molecule has 0 aliphatic rings. The molecule has 1 aromatic heterocycles. The van der Waals surface area contributed by atoms with Gasteiger partial charge >= 0.3 is 6.01 Å². The molecule has 22 heavy (non-hydrogen) atoms. The Bertz CT molecular complexity index is 622. The Morgan fingerprint density at radius 2 is 2.18 bits per heavy atom. The zero-order valence-corrected chi connectivity index (χ0v) is 13.2. The van der Waals surface area contributed by atoms with Gasteiger partial charge in [-0.2, -0.15) is 4.98 Å². The van der Waals surface area contributed by atoms with Crippen LogP contribution < -0.4 is 10.6 Å². The second-order valence-corrected chi connectivity index (χ2v) is 5.46. The fraction of sp³-hybridized carbons (Fsp3) is 0.438. The predicted molar refractivity (Wildman–Crippen MR) is 85.7 cm³/mol. The van der Waals surface area contributed by atoms with Gasteiger partial charge in [0.25, 0.3) is 0 Å². The molecule has 1 heterocycles. The van der Waals surface area contributed by atoms with Crippen molar-refractivity contribution in [1.29, 1.82) is 0 Å². The van der Waals surface area contributed by atoms with E-state index in [0.717, 1.165) is 17.7 Å². The molecule has 118 valence electrons. The number of carbonyl (C=O) groups is 1. The van der Waals surface area contributed by atoms with Crippen molar-refractivity contribution in [3.05, 3.63) is 35.7 Å². The average molecular weight is 302 g/mol. The van der Waals surface area contributed by atoms with Crippen molar-refractivity contribution < 1.29 is 9.32 Å². The summed E-state index contributed by atoms with van der Waals surface area (Å²) in [6.45, 7) is 6.56. The molecule has 2 aromatic rings. The highest BCUT2D eigenvalue weighted by molar-refractivity contribution is 5.90. The van der Waals surface area contributed by atoms with E-state index in [-0.39, 0.29) is 11.8 Å². The first-order valence-corrected chi connectivity index (χ1v) is 7.54. The lowest BCUT2D eigenvalue weighted by Gasteiger charge is -2.07. The summed E-state index contributed by atoms with van der Waals surface area (Å²) in [5, 5.41) is 9.87. The van der Waals surface area contributed by atoms with Crippen LogP contribution in [0, 0.1) is 0 Å². The van der Waals surface area contributed by atoms with E-state index in [2.05, 4.69) is 20.8 Å². The van der Waals surface area contributed by atoms with E-state index in [1.54, 1.807) is 0 Å². The molecular weight excluding hydrogens is 280 g/mol. The van der Waals surface area contributed by atoms with Crippen LogP contribution in [0.2, 0.25) is 0 Å². The molecule has 1 amide bonds. The number of nitrogens with zero attached hydrogens (tertiary/aromatic N) is 2. The van der Waals surface area contributed by atoms with Gasteiger partial charge in [0.2, 0.25) is 5.91 Å². The first kappa shape index (κ1) is 16.0. The summed E-state index contributed by atoms with van der Waals surface area (Å²) in [6.07, 6.45) is 1.37. The average Bonchev–Trinajstić information content (AvgIpc) is 2.95. The zero-order valence-electron chi connectivity index (χ0n) is 13.2. The number of nitrogens with one attached hydrogen (secondary N) is 2. The number of hydrogen-bond donors (Lipinski definition) is 2. The van der Waals surface area contributed by atoms with E-state index in [1.807, 2.05) is 45.0 Å². The molecule has 0 bridgehead atoms. The molecular formula is C16H22N4O2. The van der Waals surface area contributed by atoms with E-state index in [1.165, 1.54) is 0 Å². The van der Waals surface area contributed by atoms with Crippen LogP contribution >= 0.6 is 0 Å². The van der Waals surface area contributed by atoms with Crippen LogP contribution in [0.3, 0.4) is 0 Å². The van der Waals surface area contributed by atoms with Gasteiger partial charge in [-0.05, 0) is 24.1 Å². The van der Waals surface area contributed by atoms with Gasteiger partial charge in [0.15, 0.2) is 5.82 Å². The third kappa shape index (κ3) is 4.58. The summed E-state index contributed by atoms with van der Waals surface area (Å²) in [6, 6.07) is 8.10. The van der Waals surface area contributed by atoms with Crippen molar-refractivity contribution in [2.45, 2.75) is 46.1 Å². The molecule has 0 fully saturated rings. The number of hydrogen-bond acceptors (Lipinski definition) is 5. The smallest absolute Gasteiger partial charge is 0.321 e. The monoisotopic (exact) mass is 302 g/mol. The topological polar surface area (TPSA) is 80.0 Å². The van der Waals surface area contributed by atoms with Crippen molar-refractivity contribution in [2.75, 3.05) is 10.6 Å². The molecule has 6 nitrogen and oxygen atoms in total. The van der Waals surface area contributed by atoms with Crippen molar-refractivity contribution >= 4 is 17.6 Å². The van der Waals surface area contributed by atoms with Gasteiger partial charge in [0.05, 0.1) is 0 Å². The number of rotatable bonds is 7. The Labute approximate surface area is 130 Å². The van der Waals surface area contributed by atoms with Gasteiger partial charge in [0, 0.05) is 24.6 Å². The van der Waals surface area contributed by atoms with E-state index in [9.17, 15) is 4.79 Å². The molecule has 0 unspecified atom stereocenters. The number of aromatic nitrogens is 2. The minimum atomic E-state index is 0.0334. The first-order valence-electron chi connectivity index (χ1n) is 7.54. The van der Waals surface area contributed by atoms with Gasteiger partial charge in [-0.1, -0.05) is 38.1 Å². The molecule has 0 spiro atoms. The van der Waals surface area contributed by atoms with Gasteiger partial charge < -0.3 is 15.2 Å². The maximum atomic E-state index is 11.6. The molecule has 0 saturated carbocycles. The third-order valence-electron chi connectivity index (χ3n) is 3.09. The SMILES string of the molecule is CCCC(=O)Nc1cccc(CNc2nc(C(C)C)no2)c1. The lowest BCUT2D eigenvalue weighted by atomic mass is 10.2. The fourth-order valence-corrected chi connectivity index (χ4v) is 1.93. The number of anilines is 2. The van der Waals surface area contributed by atoms with E-state index >= 15 is 0 Å². The van der Waals surface area contributed by atoms with Gasteiger partial charge in [-0.25, -0.2) is 0 Å². The second kappa shape index (κ2) is 7.59. The number of carbonyl (C=O) groups excluding carboxylic acids is 1. The van der Waals surface area contributed by atoms with Crippen molar-refractivity contribution in [1.82, 2.24) is 10.1 Å². The largest absolute Gasteiger partial charge is 0.334 e. The molecule has 2 N–H and O–H groups in total. The van der Waals surface area contributed by atoms with E-state index < -0.39 is 0 Å². The summed E-state index contributed by atoms with van der Waals surface area (Å²) < 4.78 is 5.13. The Hall–Kier alpha value is -2.37. The number of amides is 1. The quantitative estimate of drug-likeness (QED) is 0.817. The summed E-state index contributed by atoms with van der Waals surface area (Å²) >= 11 is 0. The molecule has 1 aromatic carbocycles. The van der Waals surface area contributed by atoms with Gasteiger partial charge in [-0.3, -0.25) is 4.79 Å². The zero-order chi connectivity index (χ0) is 15.9. The summed E-state index contributed by atoms with van der Waals surface area (Å²) in [4.78, 5) is 15.9. The lowest BCUT2D eigenvalue weighted by molar-refractivity contribution is -0.116. The molecule has 2 rings (SSSR count). The molecule has 0 atom stereocenters. The Morgan fingerprint density at radius 3 is 2.86 bits per heavy atom. The molecule has 0 aliphatic heterocycles. The normalized spacial score (nSPS) is 10.7. The van der Waals surface area contributed by atoms with Crippen LogP contribution in [0.15, 0.2) is 28.8 Å².